The predicted octanol–water partition coefficient (Wildman–Crippen LogP) is 3.16. The molecule has 130 valence electrons. The number of phenols is 1. The highest BCUT2D eigenvalue weighted by Crippen LogP contribution is 2.31. The van der Waals surface area contributed by atoms with E-state index in [-0.39, 0.29) is 23.9 Å². The van der Waals surface area contributed by atoms with E-state index in [0.717, 1.165) is 18.4 Å². The van der Waals surface area contributed by atoms with Crippen molar-refractivity contribution in [2.24, 2.45) is 0 Å². The number of nitrogens with one attached hydrogen (secondary N) is 1. The number of phenolic OH excluding ortho intramolecular Hbond substituents is 1. The Morgan fingerprint density at radius 1 is 1.20 bits per heavy atom. The van der Waals surface area contributed by atoms with Gasteiger partial charge in [-0.1, -0.05) is 36.4 Å². The zero-order valence-electron chi connectivity index (χ0n) is 14.0. The van der Waals surface area contributed by atoms with Gasteiger partial charge in [0, 0.05) is 6.54 Å². The summed E-state index contributed by atoms with van der Waals surface area (Å²) in [5.41, 5.74) is 3.45. The molecule has 2 N–H and O–H groups in total. The number of hydrogen-bond donors (Lipinski definition) is 2. The molecule has 5 heteroatoms. The van der Waals surface area contributed by atoms with E-state index < -0.39 is 0 Å². The van der Waals surface area contributed by atoms with Gasteiger partial charge in [0.05, 0.1) is 19.2 Å². The number of nitrogens with zero attached hydrogens (tertiary/aromatic N) is 1. The van der Waals surface area contributed by atoms with Gasteiger partial charge >= 0.3 is 6.03 Å². The molecule has 1 heterocycles. The maximum atomic E-state index is 12.7. The standard InChI is InChI=1S/C20H22N2O3/c23-16-6-3-5-15(12-16)19-13-22(10-11-25-19)20(24)21-18-9-8-14-4-1-2-7-17(14)18/h1-7,12,18-19,23H,8-11,13H2,(H,21,24). The first-order valence-corrected chi connectivity index (χ1v) is 8.74. The number of urea groups is 1. The number of hydrogen-bond acceptors (Lipinski definition) is 3. The van der Waals surface area contributed by atoms with Crippen LogP contribution in [0, 0.1) is 0 Å². The van der Waals surface area contributed by atoms with Crippen molar-refractivity contribution in [3.63, 3.8) is 0 Å². The van der Waals surface area contributed by atoms with Crippen LogP contribution in [0.3, 0.4) is 0 Å². The highest BCUT2D eigenvalue weighted by atomic mass is 16.5. The van der Waals surface area contributed by atoms with Gasteiger partial charge < -0.3 is 20.1 Å². The summed E-state index contributed by atoms with van der Waals surface area (Å²) in [5, 5.41) is 12.8. The smallest absolute Gasteiger partial charge is 0.318 e. The molecule has 0 saturated carbocycles. The lowest BCUT2D eigenvalue weighted by Gasteiger charge is -2.34. The summed E-state index contributed by atoms with van der Waals surface area (Å²) in [6.07, 6.45) is 1.75. The fourth-order valence-corrected chi connectivity index (χ4v) is 3.71. The number of aromatic hydroxyl groups is 1. The van der Waals surface area contributed by atoms with Crippen LogP contribution in [0.25, 0.3) is 0 Å². The molecule has 2 amide bonds. The number of morpholine rings is 1. The van der Waals surface area contributed by atoms with Crippen molar-refractivity contribution in [3.05, 3.63) is 65.2 Å². The van der Waals surface area contributed by atoms with Gasteiger partial charge in [0.25, 0.3) is 0 Å². The zero-order valence-corrected chi connectivity index (χ0v) is 14.0. The molecule has 2 unspecified atom stereocenters. The zero-order chi connectivity index (χ0) is 17.2. The Kier molecular flexibility index (Phi) is 4.32. The number of fused-ring (bicyclic) bond motifs is 1. The van der Waals surface area contributed by atoms with E-state index in [0.29, 0.717) is 19.7 Å². The van der Waals surface area contributed by atoms with Crippen molar-refractivity contribution in [2.75, 3.05) is 19.7 Å². The Labute approximate surface area is 147 Å². The number of carbonyl (C=O) groups is 1. The molecule has 2 atom stereocenters. The van der Waals surface area contributed by atoms with Crippen LogP contribution in [-0.4, -0.2) is 35.7 Å². The van der Waals surface area contributed by atoms with Crippen molar-refractivity contribution >= 4 is 6.03 Å². The van der Waals surface area contributed by atoms with Gasteiger partial charge in [-0.05, 0) is 41.7 Å². The number of ether oxygens (including phenoxy) is 1. The molecule has 1 aliphatic carbocycles. The average Bonchev–Trinajstić information content (AvgIpc) is 3.05. The second-order valence-electron chi connectivity index (χ2n) is 6.64. The lowest BCUT2D eigenvalue weighted by molar-refractivity contribution is -0.0158. The number of rotatable bonds is 2. The molecular weight excluding hydrogens is 316 g/mol. The predicted molar refractivity (Wildman–Crippen MR) is 94.4 cm³/mol. The van der Waals surface area contributed by atoms with Crippen LogP contribution in [-0.2, 0) is 11.2 Å². The van der Waals surface area contributed by atoms with Gasteiger partial charge in [-0.15, -0.1) is 0 Å². The maximum Gasteiger partial charge on any atom is 0.318 e. The molecule has 4 rings (SSSR count). The molecule has 2 aromatic carbocycles. The van der Waals surface area contributed by atoms with Crippen molar-refractivity contribution in [1.82, 2.24) is 10.2 Å². The lowest BCUT2D eigenvalue weighted by atomic mass is 10.1. The summed E-state index contributed by atoms with van der Waals surface area (Å²) in [4.78, 5) is 14.5. The molecule has 0 aromatic heterocycles. The third-order valence-electron chi connectivity index (χ3n) is 5.03. The Balaban J connectivity index is 1.42. The first-order valence-electron chi connectivity index (χ1n) is 8.74. The third-order valence-corrected chi connectivity index (χ3v) is 5.03. The van der Waals surface area contributed by atoms with Crippen LogP contribution < -0.4 is 5.32 Å². The SMILES string of the molecule is O=C(NC1CCc2ccccc21)N1CCOC(c2cccc(O)c2)C1. The van der Waals surface area contributed by atoms with E-state index in [4.69, 9.17) is 4.74 Å². The highest BCUT2D eigenvalue weighted by molar-refractivity contribution is 5.75. The lowest BCUT2D eigenvalue weighted by Crippen LogP contribution is -2.47. The van der Waals surface area contributed by atoms with E-state index in [1.165, 1.54) is 11.1 Å². The quantitative estimate of drug-likeness (QED) is 0.884. The number of carbonyl (C=O) groups excluding carboxylic acids is 1. The van der Waals surface area contributed by atoms with E-state index in [2.05, 4.69) is 17.4 Å². The fraction of sp³-hybridized carbons (Fsp3) is 0.350. The third kappa shape index (κ3) is 3.33. The van der Waals surface area contributed by atoms with Crippen molar-refractivity contribution in [1.29, 1.82) is 0 Å². The molecule has 5 nitrogen and oxygen atoms in total. The second kappa shape index (κ2) is 6.76. The minimum Gasteiger partial charge on any atom is -0.508 e. The van der Waals surface area contributed by atoms with Gasteiger partial charge in [-0.2, -0.15) is 0 Å². The minimum atomic E-state index is -0.206. The number of aryl methyl sites for hydroxylation is 1. The molecule has 0 spiro atoms. The van der Waals surface area contributed by atoms with E-state index in [1.54, 1.807) is 23.1 Å². The van der Waals surface area contributed by atoms with Crippen LogP contribution in [0.1, 0.15) is 35.3 Å². The van der Waals surface area contributed by atoms with Crippen LogP contribution >= 0.6 is 0 Å². The summed E-state index contributed by atoms with van der Waals surface area (Å²) >= 11 is 0. The van der Waals surface area contributed by atoms with Gasteiger partial charge in [-0.25, -0.2) is 4.79 Å². The summed E-state index contributed by atoms with van der Waals surface area (Å²) in [6.45, 7) is 1.56. The van der Waals surface area contributed by atoms with Gasteiger partial charge in [0.1, 0.15) is 11.9 Å². The molecule has 1 aliphatic heterocycles. The molecule has 0 radical (unpaired) electrons. The van der Waals surface area contributed by atoms with E-state index in [9.17, 15) is 9.90 Å². The summed E-state index contributed by atoms with van der Waals surface area (Å²) in [7, 11) is 0. The molecular formula is C20H22N2O3. The molecule has 0 bridgehead atoms. The summed E-state index contributed by atoms with van der Waals surface area (Å²) in [6, 6.07) is 15.4. The first kappa shape index (κ1) is 16.0. The van der Waals surface area contributed by atoms with Gasteiger partial charge in [0.2, 0.25) is 0 Å². The van der Waals surface area contributed by atoms with Crippen LogP contribution in [0.5, 0.6) is 5.75 Å². The normalized spacial score (nSPS) is 22.5. The highest BCUT2D eigenvalue weighted by Gasteiger charge is 2.29. The fourth-order valence-electron chi connectivity index (χ4n) is 3.71. The number of benzene rings is 2. The number of amides is 2. The Morgan fingerprint density at radius 3 is 2.96 bits per heavy atom. The van der Waals surface area contributed by atoms with Crippen LogP contribution in [0.4, 0.5) is 4.79 Å². The van der Waals surface area contributed by atoms with E-state index >= 15 is 0 Å². The first-order chi connectivity index (χ1) is 12.2. The minimum absolute atomic E-state index is 0.0462. The Morgan fingerprint density at radius 2 is 2.08 bits per heavy atom. The topological polar surface area (TPSA) is 61.8 Å². The molecule has 1 fully saturated rings. The average molecular weight is 338 g/mol. The molecule has 2 aromatic rings. The van der Waals surface area contributed by atoms with Gasteiger partial charge in [-0.3, -0.25) is 0 Å². The maximum absolute atomic E-state index is 12.7. The Hall–Kier alpha value is -2.53. The largest absolute Gasteiger partial charge is 0.508 e. The summed E-state index contributed by atoms with van der Waals surface area (Å²) < 4.78 is 5.79. The van der Waals surface area contributed by atoms with Crippen molar-refractivity contribution in [2.45, 2.75) is 25.0 Å². The van der Waals surface area contributed by atoms with Crippen LogP contribution in [0.15, 0.2) is 48.5 Å². The molecule has 25 heavy (non-hydrogen) atoms. The monoisotopic (exact) mass is 338 g/mol. The van der Waals surface area contributed by atoms with Gasteiger partial charge in [0.15, 0.2) is 0 Å². The molecule has 1 saturated heterocycles. The summed E-state index contributed by atoms with van der Waals surface area (Å²) in [5.74, 6) is 0.213. The molecule has 2 aliphatic rings. The van der Waals surface area contributed by atoms with Crippen molar-refractivity contribution in [3.8, 4) is 5.75 Å². The second-order valence-corrected chi connectivity index (χ2v) is 6.64. The van der Waals surface area contributed by atoms with Crippen molar-refractivity contribution < 1.29 is 14.6 Å². The van der Waals surface area contributed by atoms with Crippen LogP contribution in [0.2, 0.25) is 0 Å². The Bertz CT molecular complexity index is 777. The van der Waals surface area contributed by atoms with E-state index in [1.807, 2.05) is 18.2 Å².